The van der Waals surface area contributed by atoms with Crippen molar-refractivity contribution >= 4 is 39.0 Å². The van der Waals surface area contributed by atoms with E-state index in [0.29, 0.717) is 5.15 Å². The van der Waals surface area contributed by atoms with Gasteiger partial charge in [0, 0.05) is 10.2 Å². The largest absolute Gasteiger partial charge is 0.340 e. The molecule has 2 aromatic rings. The summed E-state index contributed by atoms with van der Waals surface area (Å²) in [6.45, 7) is 1.99. The van der Waals surface area contributed by atoms with Crippen LogP contribution in [0.2, 0.25) is 5.15 Å². The Labute approximate surface area is 108 Å². The zero-order valence-electron chi connectivity index (χ0n) is 8.67. The Morgan fingerprint density at radius 2 is 2.06 bits per heavy atom. The molecular weight excluding hydrogens is 288 g/mol. The van der Waals surface area contributed by atoms with E-state index in [1.807, 2.05) is 43.3 Å². The van der Waals surface area contributed by atoms with Crippen LogP contribution in [0.4, 0.5) is 11.5 Å². The van der Waals surface area contributed by atoms with E-state index in [9.17, 15) is 0 Å². The molecule has 0 bridgehead atoms. The monoisotopic (exact) mass is 296 g/mol. The van der Waals surface area contributed by atoms with Crippen LogP contribution in [0.25, 0.3) is 0 Å². The molecule has 1 N–H and O–H groups in total. The number of anilines is 2. The smallest absolute Gasteiger partial charge is 0.132 e. The van der Waals surface area contributed by atoms with E-state index in [2.05, 4.69) is 26.2 Å². The Bertz CT molecular complexity index is 494. The highest BCUT2D eigenvalue weighted by atomic mass is 79.9. The molecule has 0 unspecified atom stereocenters. The standard InChI is InChI=1S/C12H10BrClN2/c1-8-5-11(14)16-12(6-8)15-10-4-2-3-9(13)7-10/h2-7H,1H3,(H,15,16). The van der Waals surface area contributed by atoms with Gasteiger partial charge in [-0.25, -0.2) is 4.98 Å². The molecule has 2 rings (SSSR count). The van der Waals surface area contributed by atoms with Crippen LogP contribution in [0.1, 0.15) is 5.56 Å². The number of halogens is 2. The van der Waals surface area contributed by atoms with Gasteiger partial charge < -0.3 is 5.32 Å². The normalized spacial score (nSPS) is 10.2. The summed E-state index contributed by atoms with van der Waals surface area (Å²) in [4.78, 5) is 4.20. The number of aromatic nitrogens is 1. The third kappa shape index (κ3) is 2.97. The van der Waals surface area contributed by atoms with Crippen molar-refractivity contribution in [2.24, 2.45) is 0 Å². The lowest BCUT2D eigenvalue weighted by atomic mass is 10.3. The third-order valence-electron chi connectivity index (χ3n) is 2.04. The number of aryl methyl sites for hydroxylation is 1. The van der Waals surface area contributed by atoms with Crippen molar-refractivity contribution in [2.45, 2.75) is 6.92 Å². The van der Waals surface area contributed by atoms with Gasteiger partial charge in [-0.2, -0.15) is 0 Å². The Balaban J connectivity index is 2.27. The average molecular weight is 298 g/mol. The van der Waals surface area contributed by atoms with Crippen molar-refractivity contribution in [3.05, 3.63) is 51.6 Å². The van der Waals surface area contributed by atoms with E-state index in [1.54, 1.807) is 0 Å². The molecule has 2 nitrogen and oxygen atoms in total. The van der Waals surface area contributed by atoms with Crippen LogP contribution >= 0.6 is 27.5 Å². The minimum Gasteiger partial charge on any atom is -0.340 e. The van der Waals surface area contributed by atoms with E-state index in [1.165, 1.54) is 0 Å². The Kier molecular flexibility index (Phi) is 3.46. The molecular formula is C12H10BrClN2. The van der Waals surface area contributed by atoms with Gasteiger partial charge in [0.2, 0.25) is 0 Å². The van der Waals surface area contributed by atoms with Crippen LogP contribution in [-0.4, -0.2) is 4.98 Å². The maximum absolute atomic E-state index is 5.89. The van der Waals surface area contributed by atoms with Gasteiger partial charge in [-0.1, -0.05) is 33.6 Å². The summed E-state index contributed by atoms with van der Waals surface area (Å²) in [7, 11) is 0. The molecule has 0 aliphatic carbocycles. The molecule has 0 amide bonds. The first kappa shape index (κ1) is 11.4. The van der Waals surface area contributed by atoms with Crippen LogP contribution < -0.4 is 5.32 Å². The van der Waals surface area contributed by atoms with Gasteiger partial charge in [0.05, 0.1) is 0 Å². The summed E-state index contributed by atoms with van der Waals surface area (Å²) in [6, 6.07) is 11.7. The van der Waals surface area contributed by atoms with Gasteiger partial charge >= 0.3 is 0 Å². The summed E-state index contributed by atoms with van der Waals surface area (Å²) >= 11 is 9.31. The predicted molar refractivity (Wildman–Crippen MR) is 71.4 cm³/mol. The molecule has 0 spiro atoms. The Morgan fingerprint density at radius 3 is 2.75 bits per heavy atom. The van der Waals surface area contributed by atoms with Crippen LogP contribution in [0.15, 0.2) is 40.9 Å². The molecule has 1 aromatic heterocycles. The average Bonchev–Trinajstić information content (AvgIpc) is 2.15. The fourth-order valence-corrected chi connectivity index (χ4v) is 2.07. The van der Waals surface area contributed by atoms with E-state index >= 15 is 0 Å². The molecule has 1 aromatic carbocycles. The quantitative estimate of drug-likeness (QED) is 0.823. The number of nitrogens with zero attached hydrogens (tertiary/aromatic N) is 1. The topological polar surface area (TPSA) is 24.9 Å². The van der Waals surface area contributed by atoms with Crippen LogP contribution in [-0.2, 0) is 0 Å². The minimum absolute atomic E-state index is 0.498. The number of nitrogens with one attached hydrogen (secondary N) is 1. The zero-order valence-corrected chi connectivity index (χ0v) is 11.0. The van der Waals surface area contributed by atoms with E-state index < -0.39 is 0 Å². The van der Waals surface area contributed by atoms with E-state index in [4.69, 9.17) is 11.6 Å². The second-order valence-corrected chi connectivity index (χ2v) is 4.79. The lowest BCUT2D eigenvalue weighted by molar-refractivity contribution is 1.27. The molecule has 4 heteroatoms. The fraction of sp³-hybridized carbons (Fsp3) is 0.0833. The van der Waals surface area contributed by atoms with Gasteiger partial charge in [-0.3, -0.25) is 0 Å². The summed E-state index contributed by atoms with van der Waals surface area (Å²) in [6.07, 6.45) is 0. The fourth-order valence-electron chi connectivity index (χ4n) is 1.40. The molecule has 0 atom stereocenters. The molecule has 0 fully saturated rings. The molecule has 82 valence electrons. The first-order valence-electron chi connectivity index (χ1n) is 4.80. The predicted octanol–water partition coefficient (Wildman–Crippen LogP) is 4.55. The number of benzene rings is 1. The van der Waals surface area contributed by atoms with Gasteiger partial charge in [0.1, 0.15) is 11.0 Å². The third-order valence-corrected chi connectivity index (χ3v) is 2.72. The Morgan fingerprint density at radius 1 is 1.25 bits per heavy atom. The molecule has 16 heavy (non-hydrogen) atoms. The number of hydrogen-bond donors (Lipinski definition) is 1. The highest BCUT2D eigenvalue weighted by molar-refractivity contribution is 9.10. The SMILES string of the molecule is Cc1cc(Cl)nc(Nc2cccc(Br)c2)c1. The molecule has 0 saturated heterocycles. The number of rotatable bonds is 2. The zero-order chi connectivity index (χ0) is 11.5. The van der Waals surface area contributed by atoms with E-state index in [0.717, 1.165) is 21.5 Å². The molecule has 0 saturated carbocycles. The van der Waals surface area contributed by atoms with E-state index in [-0.39, 0.29) is 0 Å². The first-order valence-corrected chi connectivity index (χ1v) is 5.97. The molecule has 0 aliphatic heterocycles. The maximum Gasteiger partial charge on any atom is 0.132 e. The van der Waals surface area contributed by atoms with Crippen molar-refractivity contribution in [2.75, 3.05) is 5.32 Å². The highest BCUT2D eigenvalue weighted by Crippen LogP contribution is 2.21. The van der Waals surface area contributed by atoms with Gasteiger partial charge in [0.15, 0.2) is 0 Å². The van der Waals surface area contributed by atoms with Crippen molar-refractivity contribution in [3.63, 3.8) is 0 Å². The second-order valence-electron chi connectivity index (χ2n) is 3.49. The lowest BCUT2D eigenvalue weighted by Crippen LogP contribution is -1.94. The Hall–Kier alpha value is -1.06. The summed E-state index contributed by atoms with van der Waals surface area (Å²) in [5.41, 5.74) is 2.06. The van der Waals surface area contributed by atoms with Crippen molar-refractivity contribution < 1.29 is 0 Å². The number of hydrogen-bond acceptors (Lipinski definition) is 2. The summed E-state index contributed by atoms with van der Waals surface area (Å²) < 4.78 is 1.02. The summed E-state index contributed by atoms with van der Waals surface area (Å²) in [5, 5.41) is 3.70. The molecule has 0 radical (unpaired) electrons. The summed E-state index contributed by atoms with van der Waals surface area (Å²) in [5.74, 6) is 0.753. The molecule has 0 aliphatic rings. The minimum atomic E-state index is 0.498. The van der Waals surface area contributed by atoms with Crippen molar-refractivity contribution in [1.29, 1.82) is 0 Å². The second kappa shape index (κ2) is 4.85. The molecule has 1 heterocycles. The lowest BCUT2D eigenvalue weighted by Gasteiger charge is -2.07. The first-order chi connectivity index (χ1) is 7.63. The van der Waals surface area contributed by atoms with Crippen LogP contribution in [0, 0.1) is 6.92 Å². The van der Waals surface area contributed by atoms with Crippen molar-refractivity contribution in [3.8, 4) is 0 Å². The van der Waals surface area contributed by atoms with Crippen LogP contribution in [0.5, 0.6) is 0 Å². The van der Waals surface area contributed by atoms with Gasteiger partial charge in [-0.05, 0) is 42.8 Å². The van der Waals surface area contributed by atoms with Gasteiger partial charge in [0.25, 0.3) is 0 Å². The maximum atomic E-state index is 5.89. The highest BCUT2D eigenvalue weighted by Gasteiger charge is 1.99. The van der Waals surface area contributed by atoms with Crippen molar-refractivity contribution in [1.82, 2.24) is 4.98 Å². The van der Waals surface area contributed by atoms with Gasteiger partial charge in [-0.15, -0.1) is 0 Å². The van der Waals surface area contributed by atoms with Crippen LogP contribution in [0.3, 0.4) is 0 Å². The number of pyridine rings is 1.